The number of nitrogens with one attached hydrogen (secondary N) is 1. The number of aromatic amines is 1. The second kappa shape index (κ2) is 7.09. The summed E-state index contributed by atoms with van der Waals surface area (Å²) in [7, 11) is 0. The number of aromatic nitrogens is 2. The van der Waals surface area contributed by atoms with Crippen molar-refractivity contribution in [2.24, 2.45) is 0 Å². The van der Waals surface area contributed by atoms with Gasteiger partial charge in [-0.15, -0.1) is 0 Å². The molecule has 2 aromatic heterocycles. The van der Waals surface area contributed by atoms with Crippen molar-refractivity contribution < 1.29 is 9.59 Å². The van der Waals surface area contributed by atoms with E-state index in [-0.39, 0.29) is 11.8 Å². The van der Waals surface area contributed by atoms with E-state index < -0.39 is 0 Å². The van der Waals surface area contributed by atoms with Crippen LogP contribution in [-0.4, -0.2) is 57.8 Å². The maximum Gasteiger partial charge on any atom is 0.255 e. The third kappa shape index (κ3) is 3.77. The Balaban J connectivity index is 1.59. The van der Waals surface area contributed by atoms with Crippen LogP contribution >= 0.6 is 0 Å². The average molecular weight is 312 g/mol. The molecule has 0 bridgehead atoms. The van der Waals surface area contributed by atoms with Crippen molar-refractivity contribution in [3.63, 3.8) is 0 Å². The van der Waals surface area contributed by atoms with Crippen LogP contribution in [0, 0.1) is 0 Å². The second-order valence-electron chi connectivity index (χ2n) is 5.66. The molecule has 120 valence electrons. The fourth-order valence-corrected chi connectivity index (χ4v) is 2.80. The zero-order valence-electron chi connectivity index (χ0n) is 12.9. The van der Waals surface area contributed by atoms with E-state index in [0.29, 0.717) is 38.2 Å². The lowest BCUT2D eigenvalue weighted by atomic mass is 10.2. The molecule has 6 nitrogen and oxygen atoms in total. The van der Waals surface area contributed by atoms with E-state index in [4.69, 9.17) is 0 Å². The van der Waals surface area contributed by atoms with E-state index in [9.17, 15) is 9.59 Å². The molecule has 2 amide bonds. The van der Waals surface area contributed by atoms with Crippen molar-refractivity contribution in [1.29, 1.82) is 0 Å². The molecular weight excluding hydrogens is 292 g/mol. The van der Waals surface area contributed by atoms with Gasteiger partial charge in [0, 0.05) is 51.0 Å². The lowest BCUT2D eigenvalue weighted by Crippen LogP contribution is -2.38. The first-order valence-electron chi connectivity index (χ1n) is 7.83. The van der Waals surface area contributed by atoms with Crippen LogP contribution in [0.25, 0.3) is 0 Å². The molecule has 1 fully saturated rings. The molecule has 0 atom stereocenters. The number of pyridine rings is 1. The lowest BCUT2D eigenvalue weighted by Gasteiger charge is -2.22. The quantitative estimate of drug-likeness (QED) is 0.929. The molecule has 1 N–H and O–H groups in total. The summed E-state index contributed by atoms with van der Waals surface area (Å²) in [6, 6.07) is 5.45. The highest BCUT2D eigenvalue weighted by atomic mass is 16.2. The van der Waals surface area contributed by atoms with Crippen LogP contribution in [0.2, 0.25) is 0 Å². The van der Waals surface area contributed by atoms with E-state index in [1.165, 1.54) is 0 Å². The Morgan fingerprint density at radius 3 is 2.70 bits per heavy atom. The second-order valence-corrected chi connectivity index (χ2v) is 5.66. The van der Waals surface area contributed by atoms with Crippen LogP contribution < -0.4 is 0 Å². The number of amides is 2. The van der Waals surface area contributed by atoms with E-state index >= 15 is 0 Å². The molecule has 1 saturated heterocycles. The molecule has 6 heteroatoms. The molecule has 3 rings (SSSR count). The molecule has 3 heterocycles. The minimum Gasteiger partial charge on any atom is -0.367 e. The Morgan fingerprint density at radius 1 is 1.13 bits per heavy atom. The predicted molar refractivity (Wildman–Crippen MR) is 85.8 cm³/mol. The average Bonchev–Trinajstić information content (AvgIpc) is 2.96. The van der Waals surface area contributed by atoms with Crippen molar-refractivity contribution in [3.8, 4) is 0 Å². The summed E-state index contributed by atoms with van der Waals surface area (Å²) in [5.41, 5.74) is 1.59. The smallest absolute Gasteiger partial charge is 0.255 e. The Hall–Kier alpha value is -2.63. The SMILES string of the molecule is O=C(Cc1cc[nH]c1)N1CCCN(C(=O)c2cccnc2)CC1. The zero-order valence-corrected chi connectivity index (χ0v) is 12.9. The molecule has 23 heavy (non-hydrogen) atoms. The first-order chi connectivity index (χ1) is 11.2. The fraction of sp³-hybridized carbons (Fsp3) is 0.353. The first-order valence-corrected chi connectivity index (χ1v) is 7.83. The molecule has 0 aromatic carbocycles. The molecule has 0 saturated carbocycles. The molecule has 0 unspecified atom stereocenters. The van der Waals surface area contributed by atoms with Crippen molar-refractivity contribution in [2.45, 2.75) is 12.8 Å². The van der Waals surface area contributed by atoms with Gasteiger partial charge in [0.1, 0.15) is 0 Å². The predicted octanol–water partition coefficient (Wildman–Crippen LogP) is 1.33. The van der Waals surface area contributed by atoms with Gasteiger partial charge in [-0.05, 0) is 30.2 Å². The molecular formula is C17H20N4O2. The highest BCUT2D eigenvalue weighted by Crippen LogP contribution is 2.10. The lowest BCUT2D eigenvalue weighted by molar-refractivity contribution is -0.130. The van der Waals surface area contributed by atoms with Crippen LogP contribution in [-0.2, 0) is 11.2 Å². The monoisotopic (exact) mass is 312 g/mol. The Labute approximate surface area is 135 Å². The molecule has 1 aliphatic rings. The highest BCUT2D eigenvalue weighted by Gasteiger charge is 2.22. The molecule has 0 radical (unpaired) electrons. The Morgan fingerprint density at radius 2 is 1.96 bits per heavy atom. The van der Waals surface area contributed by atoms with Crippen LogP contribution in [0.4, 0.5) is 0 Å². The van der Waals surface area contributed by atoms with Gasteiger partial charge >= 0.3 is 0 Å². The van der Waals surface area contributed by atoms with Gasteiger partial charge in [0.05, 0.1) is 12.0 Å². The van der Waals surface area contributed by atoms with Crippen LogP contribution in [0.15, 0.2) is 43.0 Å². The Kier molecular flexibility index (Phi) is 4.71. The third-order valence-electron chi connectivity index (χ3n) is 4.06. The van der Waals surface area contributed by atoms with Gasteiger partial charge in [0.15, 0.2) is 0 Å². The zero-order chi connectivity index (χ0) is 16.1. The number of H-pyrrole nitrogens is 1. The summed E-state index contributed by atoms with van der Waals surface area (Å²) in [6.45, 7) is 2.50. The van der Waals surface area contributed by atoms with Crippen LogP contribution in [0.3, 0.4) is 0 Å². The molecule has 2 aromatic rings. The van der Waals surface area contributed by atoms with Crippen LogP contribution in [0.1, 0.15) is 22.3 Å². The van der Waals surface area contributed by atoms with Crippen molar-refractivity contribution >= 4 is 11.8 Å². The summed E-state index contributed by atoms with van der Waals surface area (Å²) in [4.78, 5) is 35.4. The standard InChI is InChI=1S/C17H20N4O2/c22-16(11-14-4-6-19-12-14)20-7-2-8-21(10-9-20)17(23)15-3-1-5-18-13-15/h1,3-6,12-13,19H,2,7-11H2. The van der Waals surface area contributed by atoms with Crippen LogP contribution in [0.5, 0.6) is 0 Å². The van der Waals surface area contributed by atoms with E-state index in [2.05, 4.69) is 9.97 Å². The third-order valence-corrected chi connectivity index (χ3v) is 4.06. The van der Waals surface area contributed by atoms with Crippen molar-refractivity contribution in [1.82, 2.24) is 19.8 Å². The largest absolute Gasteiger partial charge is 0.367 e. The van der Waals surface area contributed by atoms with E-state index in [1.807, 2.05) is 23.4 Å². The summed E-state index contributed by atoms with van der Waals surface area (Å²) in [6.07, 6.45) is 8.10. The number of nitrogens with zero attached hydrogens (tertiary/aromatic N) is 3. The fourth-order valence-electron chi connectivity index (χ4n) is 2.80. The summed E-state index contributed by atoms with van der Waals surface area (Å²) >= 11 is 0. The molecule has 0 aliphatic carbocycles. The summed E-state index contributed by atoms with van der Waals surface area (Å²) in [5, 5.41) is 0. The number of carbonyl (C=O) groups is 2. The number of carbonyl (C=O) groups excluding carboxylic acids is 2. The number of hydrogen-bond acceptors (Lipinski definition) is 3. The van der Waals surface area contributed by atoms with Crippen molar-refractivity contribution in [3.05, 3.63) is 54.1 Å². The number of hydrogen-bond donors (Lipinski definition) is 1. The van der Waals surface area contributed by atoms with Gasteiger partial charge in [-0.3, -0.25) is 14.6 Å². The van der Waals surface area contributed by atoms with Gasteiger partial charge in [0.2, 0.25) is 5.91 Å². The van der Waals surface area contributed by atoms with Crippen molar-refractivity contribution in [2.75, 3.05) is 26.2 Å². The first kappa shape index (κ1) is 15.3. The van der Waals surface area contributed by atoms with Gasteiger partial charge in [0.25, 0.3) is 5.91 Å². The van der Waals surface area contributed by atoms with E-state index in [0.717, 1.165) is 12.0 Å². The number of rotatable bonds is 3. The van der Waals surface area contributed by atoms with Gasteiger partial charge in [-0.25, -0.2) is 0 Å². The minimum atomic E-state index is -0.0157. The summed E-state index contributed by atoms with van der Waals surface area (Å²) < 4.78 is 0. The maximum atomic E-state index is 12.5. The minimum absolute atomic E-state index is 0.0157. The van der Waals surface area contributed by atoms with Gasteiger partial charge in [-0.2, -0.15) is 0 Å². The van der Waals surface area contributed by atoms with Gasteiger partial charge in [-0.1, -0.05) is 0 Å². The summed E-state index contributed by atoms with van der Waals surface area (Å²) in [5.74, 6) is 0.0957. The van der Waals surface area contributed by atoms with Gasteiger partial charge < -0.3 is 14.8 Å². The Bertz CT molecular complexity index is 654. The normalized spacial score (nSPS) is 15.3. The van der Waals surface area contributed by atoms with E-state index in [1.54, 1.807) is 29.4 Å². The topological polar surface area (TPSA) is 69.3 Å². The molecule has 1 aliphatic heterocycles. The highest BCUT2D eigenvalue weighted by molar-refractivity contribution is 5.94. The molecule has 0 spiro atoms. The maximum absolute atomic E-state index is 12.5.